The molecule has 0 spiro atoms. The highest BCUT2D eigenvalue weighted by molar-refractivity contribution is 7.15. The van der Waals surface area contributed by atoms with Crippen LogP contribution in [0.2, 0.25) is 0 Å². The molecule has 6 heteroatoms. The minimum absolute atomic E-state index is 0.215. The van der Waals surface area contributed by atoms with Gasteiger partial charge in [-0.2, -0.15) is 0 Å². The Labute approximate surface area is 157 Å². The van der Waals surface area contributed by atoms with E-state index in [-0.39, 0.29) is 12.2 Å². The number of halogens is 1. The third-order valence-corrected chi connectivity index (χ3v) is 4.88. The van der Waals surface area contributed by atoms with Crippen LogP contribution in [-0.2, 0) is 17.8 Å². The Morgan fingerprint density at radius 1 is 1.31 bits per heavy atom. The van der Waals surface area contributed by atoms with Gasteiger partial charge in [-0.3, -0.25) is 4.79 Å². The van der Waals surface area contributed by atoms with E-state index < -0.39 is 12.3 Å². The predicted octanol–water partition coefficient (Wildman–Crippen LogP) is 4.85. The normalized spacial score (nSPS) is 12.4. The molecule has 0 aliphatic carbocycles. The number of rotatable bonds is 7. The van der Waals surface area contributed by atoms with E-state index in [1.54, 1.807) is 36.4 Å². The van der Waals surface area contributed by atoms with Gasteiger partial charge in [0.25, 0.3) is 0 Å². The Morgan fingerprint density at radius 2 is 2.08 bits per heavy atom. The van der Waals surface area contributed by atoms with Gasteiger partial charge in [0.2, 0.25) is 0 Å². The molecule has 0 aliphatic heterocycles. The van der Waals surface area contributed by atoms with Crippen LogP contribution in [0.5, 0.6) is 5.75 Å². The van der Waals surface area contributed by atoms with Crippen molar-refractivity contribution >= 4 is 17.3 Å². The first-order valence-electron chi connectivity index (χ1n) is 8.92. The van der Waals surface area contributed by atoms with Gasteiger partial charge >= 0.3 is 5.97 Å². The van der Waals surface area contributed by atoms with Crippen LogP contribution in [0.1, 0.15) is 25.2 Å². The minimum atomic E-state index is -2.31. The highest BCUT2D eigenvalue weighted by Gasteiger charge is 2.11. The summed E-state index contributed by atoms with van der Waals surface area (Å²) in [5, 5.41) is 9.59. The number of carboxylic acids is 1. The maximum Gasteiger partial charge on any atom is 0.303 e. The molecule has 0 saturated heterocycles. The summed E-state index contributed by atoms with van der Waals surface area (Å²) in [4.78, 5) is 16.3. The number of aromatic nitrogens is 1. The van der Waals surface area contributed by atoms with Crippen molar-refractivity contribution in [1.29, 1.82) is 0 Å². The van der Waals surface area contributed by atoms with Crippen molar-refractivity contribution in [2.45, 2.75) is 26.3 Å². The van der Waals surface area contributed by atoms with E-state index in [4.69, 9.17) is 12.6 Å². The molecule has 0 atom stereocenters. The lowest BCUT2D eigenvalue weighted by Gasteiger charge is -2.06. The molecule has 0 unspecified atom stereocenters. The quantitative estimate of drug-likeness (QED) is 0.643. The van der Waals surface area contributed by atoms with Crippen LogP contribution in [-0.4, -0.2) is 16.1 Å². The van der Waals surface area contributed by atoms with E-state index in [1.807, 2.05) is 6.92 Å². The number of thiazole rings is 1. The molecule has 0 amide bonds. The van der Waals surface area contributed by atoms with Gasteiger partial charge in [-0.1, -0.05) is 24.3 Å². The van der Waals surface area contributed by atoms with E-state index in [2.05, 4.69) is 4.98 Å². The van der Waals surface area contributed by atoms with Crippen LogP contribution in [0.15, 0.2) is 48.5 Å². The third kappa shape index (κ3) is 4.67. The zero-order valence-electron chi connectivity index (χ0n) is 16.0. The van der Waals surface area contributed by atoms with Gasteiger partial charge in [0.15, 0.2) is 0 Å². The largest absolute Gasteiger partial charge is 0.488 e. The first-order chi connectivity index (χ1) is 13.2. The minimum Gasteiger partial charge on any atom is -0.488 e. The van der Waals surface area contributed by atoms with E-state index in [0.29, 0.717) is 17.9 Å². The number of carboxylic acid groups (broad SMARTS) is 1. The standard InChI is InChI=1S/C20H18FNO3S/c1-13-18(26-20(22-13)15-3-2-4-16(21)11-15)12-25-17-8-5-14(6-9-17)7-10-19(23)24/h2-6,8-9,11H,7,10,12H2,1H3,(H,23,24)/i10D2. The Bertz CT molecular complexity index is 989. The lowest BCUT2D eigenvalue weighted by molar-refractivity contribution is -0.136. The van der Waals surface area contributed by atoms with E-state index in [0.717, 1.165) is 21.1 Å². The molecule has 2 aromatic carbocycles. The predicted molar refractivity (Wildman–Crippen MR) is 99.0 cm³/mol. The Morgan fingerprint density at radius 3 is 2.77 bits per heavy atom. The summed E-state index contributed by atoms with van der Waals surface area (Å²) in [5.74, 6) is -1.21. The van der Waals surface area contributed by atoms with Crippen molar-refractivity contribution in [3.05, 3.63) is 70.5 Å². The number of nitrogens with zero attached hydrogens (tertiary/aromatic N) is 1. The fourth-order valence-electron chi connectivity index (χ4n) is 2.34. The Kier molecular flexibility index (Phi) is 4.83. The van der Waals surface area contributed by atoms with Gasteiger partial charge in [0, 0.05) is 14.7 Å². The summed E-state index contributed by atoms with van der Waals surface area (Å²) in [5.41, 5.74) is 2.11. The summed E-state index contributed by atoms with van der Waals surface area (Å²) >= 11 is 1.44. The molecule has 3 rings (SSSR count). The number of hydrogen-bond donors (Lipinski definition) is 1. The van der Waals surface area contributed by atoms with Gasteiger partial charge in [-0.15, -0.1) is 11.3 Å². The molecule has 0 bridgehead atoms. The molecule has 26 heavy (non-hydrogen) atoms. The molecular formula is C20H18FNO3S. The highest BCUT2D eigenvalue weighted by Crippen LogP contribution is 2.29. The lowest BCUT2D eigenvalue weighted by atomic mass is 10.1. The Balaban J connectivity index is 1.65. The van der Waals surface area contributed by atoms with E-state index in [9.17, 15) is 9.18 Å². The van der Waals surface area contributed by atoms with Gasteiger partial charge in [-0.25, -0.2) is 9.37 Å². The molecule has 0 fully saturated rings. The van der Waals surface area contributed by atoms with Crippen LogP contribution in [0.4, 0.5) is 4.39 Å². The maximum atomic E-state index is 13.4. The fraction of sp³-hybridized carbons (Fsp3) is 0.200. The van der Waals surface area contributed by atoms with Crippen LogP contribution in [0.3, 0.4) is 0 Å². The summed E-state index contributed by atoms with van der Waals surface area (Å²) < 4.78 is 34.1. The third-order valence-electron chi connectivity index (χ3n) is 3.70. The molecule has 1 heterocycles. The van der Waals surface area contributed by atoms with Crippen molar-refractivity contribution in [1.82, 2.24) is 4.98 Å². The number of ether oxygens (including phenoxy) is 1. The second-order valence-electron chi connectivity index (χ2n) is 5.63. The van der Waals surface area contributed by atoms with Crippen LogP contribution < -0.4 is 4.74 Å². The van der Waals surface area contributed by atoms with Crippen molar-refractivity contribution in [2.24, 2.45) is 0 Å². The lowest BCUT2D eigenvalue weighted by Crippen LogP contribution is -1.98. The van der Waals surface area contributed by atoms with Crippen molar-refractivity contribution in [2.75, 3.05) is 0 Å². The Hall–Kier alpha value is -2.73. The molecule has 1 aromatic heterocycles. The number of aryl methyl sites for hydroxylation is 2. The summed E-state index contributed by atoms with van der Waals surface area (Å²) in [6.45, 7) is 2.17. The van der Waals surface area contributed by atoms with Gasteiger partial charge in [-0.05, 0) is 43.2 Å². The van der Waals surface area contributed by atoms with Gasteiger partial charge < -0.3 is 9.84 Å². The molecule has 0 aliphatic rings. The topological polar surface area (TPSA) is 59.4 Å². The summed E-state index contributed by atoms with van der Waals surface area (Å²) in [6.07, 6.45) is -2.52. The highest BCUT2D eigenvalue weighted by atomic mass is 32.1. The van der Waals surface area contributed by atoms with E-state index in [1.165, 1.54) is 23.5 Å². The van der Waals surface area contributed by atoms with E-state index >= 15 is 0 Å². The fourth-order valence-corrected chi connectivity index (χ4v) is 3.31. The molecular weight excluding hydrogens is 353 g/mol. The number of carbonyl (C=O) groups is 1. The zero-order valence-corrected chi connectivity index (χ0v) is 14.8. The summed E-state index contributed by atoms with van der Waals surface area (Å²) in [7, 11) is 0. The van der Waals surface area contributed by atoms with Crippen molar-refractivity contribution < 1.29 is 21.8 Å². The first-order valence-corrected chi connectivity index (χ1v) is 8.73. The molecule has 3 aromatic rings. The van der Waals surface area contributed by atoms with Crippen LogP contribution in [0, 0.1) is 12.7 Å². The van der Waals surface area contributed by atoms with Crippen LogP contribution in [0.25, 0.3) is 10.6 Å². The van der Waals surface area contributed by atoms with Crippen molar-refractivity contribution in [3.8, 4) is 16.3 Å². The average Bonchev–Trinajstić information content (AvgIpc) is 3.01. The smallest absolute Gasteiger partial charge is 0.303 e. The molecule has 4 nitrogen and oxygen atoms in total. The molecule has 0 radical (unpaired) electrons. The second-order valence-corrected chi connectivity index (χ2v) is 6.71. The summed E-state index contributed by atoms with van der Waals surface area (Å²) in [6, 6.07) is 12.9. The van der Waals surface area contributed by atoms with Gasteiger partial charge in [0.1, 0.15) is 23.2 Å². The average molecular weight is 373 g/mol. The van der Waals surface area contributed by atoms with Gasteiger partial charge in [0.05, 0.1) is 10.6 Å². The number of benzene rings is 2. The zero-order chi connectivity index (χ0) is 20.3. The monoisotopic (exact) mass is 373 g/mol. The first kappa shape index (κ1) is 15.5. The number of hydrogen-bond acceptors (Lipinski definition) is 4. The van der Waals surface area contributed by atoms with Crippen LogP contribution >= 0.6 is 11.3 Å². The second kappa shape index (κ2) is 8.10. The molecule has 0 saturated carbocycles. The molecule has 1 N–H and O–H groups in total. The SMILES string of the molecule is [2H]C([2H])(Cc1ccc(OCc2sc(-c3cccc(F)c3)nc2C)cc1)C(=O)O. The molecule has 134 valence electrons. The number of aliphatic carboxylic acids is 1. The van der Waals surface area contributed by atoms with Crippen molar-refractivity contribution in [3.63, 3.8) is 0 Å². The maximum absolute atomic E-state index is 13.4.